The Morgan fingerprint density at radius 3 is 2.60 bits per heavy atom. The number of ether oxygens (including phenoxy) is 2. The van der Waals surface area contributed by atoms with Crippen LogP contribution in [-0.4, -0.2) is 48.9 Å². The number of amides is 2. The highest BCUT2D eigenvalue weighted by Gasteiger charge is 2.33. The molecule has 0 radical (unpaired) electrons. The molecule has 0 saturated heterocycles. The van der Waals surface area contributed by atoms with Crippen LogP contribution < -0.4 is 14.8 Å². The molecule has 1 unspecified atom stereocenters. The summed E-state index contributed by atoms with van der Waals surface area (Å²) in [4.78, 5) is 28.5. The van der Waals surface area contributed by atoms with E-state index in [0.29, 0.717) is 30.2 Å². The van der Waals surface area contributed by atoms with Crippen molar-refractivity contribution in [2.45, 2.75) is 89.6 Å². The fourth-order valence-electron chi connectivity index (χ4n) is 5.06. The first kappa shape index (κ1) is 27.4. The third-order valence-corrected chi connectivity index (χ3v) is 7.20. The maximum Gasteiger partial charge on any atom is 0.247 e. The van der Waals surface area contributed by atoms with Gasteiger partial charge < -0.3 is 19.7 Å². The van der Waals surface area contributed by atoms with Crippen LogP contribution in [0, 0.1) is 0 Å². The highest BCUT2D eigenvalue weighted by atomic mass is 35.5. The van der Waals surface area contributed by atoms with Crippen molar-refractivity contribution >= 4 is 23.4 Å². The number of carbonyl (C=O) groups is 2. The number of nitrogens with zero attached hydrogens (tertiary/aromatic N) is 1. The first-order valence-corrected chi connectivity index (χ1v) is 13.7. The molecule has 2 amide bonds. The molecule has 194 valence electrons. The van der Waals surface area contributed by atoms with Crippen molar-refractivity contribution in [3.63, 3.8) is 0 Å². The maximum atomic E-state index is 13.7. The summed E-state index contributed by atoms with van der Waals surface area (Å²) in [5, 5.41) is 3.24. The van der Waals surface area contributed by atoms with Crippen LogP contribution in [0.4, 0.5) is 0 Å². The largest absolute Gasteiger partial charge is 0.493 e. The van der Waals surface area contributed by atoms with Crippen molar-refractivity contribution in [2.75, 3.05) is 26.1 Å². The number of carbonyl (C=O) groups excluding carboxylic acids is 2. The minimum atomic E-state index is -0.776. The number of nitrogens with one attached hydrogen (secondary N) is 1. The number of hydrogen-bond donors (Lipinski definition) is 1. The molecule has 0 spiro atoms. The van der Waals surface area contributed by atoms with Gasteiger partial charge in [-0.15, -0.1) is 11.6 Å². The van der Waals surface area contributed by atoms with E-state index in [1.54, 1.807) is 12.0 Å². The molecule has 3 rings (SSSR count). The van der Waals surface area contributed by atoms with Gasteiger partial charge in [0.05, 0.1) is 13.7 Å². The summed E-state index contributed by atoms with van der Waals surface area (Å²) in [5.74, 6) is 0.627. The summed E-state index contributed by atoms with van der Waals surface area (Å²) in [6.07, 6.45) is 13.8. The van der Waals surface area contributed by atoms with Crippen molar-refractivity contribution in [1.29, 1.82) is 0 Å². The Balaban J connectivity index is 1.91. The summed E-state index contributed by atoms with van der Waals surface area (Å²) in [5.41, 5.74) is 2.06. The SMILES string of the molecule is CCCOc1ccc(C(C(=O)NC2CCCCC2)N(CCC2=CCCCC2)C(=O)CCl)cc1OC. The van der Waals surface area contributed by atoms with Crippen LogP contribution >= 0.6 is 11.6 Å². The lowest BCUT2D eigenvalue weighted by Gasteiger charge is -2.33. The lowest BCUT2D eigenvalue weighted by Crippen LogP contribution is -2.47. The van der Waals surface area contributed by atoms with E-state index in [-0.39, 0.29) is 23.7 Å². The quantitative estimate of drug-likeness (QED) is 0.283. The number of hydrogen-bond acceptors (Lipinski definition) is 4. The van der Waals surface area contributed by atoms with Gasteiger partial charge in [0, 0.05) is 12.6 Å². The Labute approximate surface area is 215 Å². The zero-order valence-corrected chi connectivity index (χ0v) is 22.1. The molecule has 0 aromatic heterocycles. The molecule has 1 fully saturated rings. The van der Waals surface area contributed by atoms with E-state index < -0.39 is 6.04 Å². The average Bonchev–Trinajstić information content (AvgIpc) is 2.90. The van der Waals surface area contributed by atoms with E-state index >= 15 is 0 Å². The molecule has 2 aliphatic carbocycles. The van der Waals surface area contributed by atoms with Crippen LogP contribution in [0.1, 0.15) is 89.2 Å². The highest BCUT2D eigenvalue weighted by molar-refractivity contribution is 6.27. The van der Waals surface area contributed by atoms with Crippen LogP contribution in [0.5, 0.6) is 11.5 Å². The van der Waals surface area contributed by atoms with Crippen molar-refractivity contribution in [3.8, 4) is 11.5 Å². The smallest absolute Gasteiger partial charge is 0.247 e. The minimum absolute atomic E-state index is 0.141. The molecule has 35 heavy (non-hydrogen) atoms. The number of rotatable bonds is 12. The van der Waals surface area contributed by atoms with Gasteiger partial charge in [-0.25, -0.2) is 0 Å². The standard InChI is InChI=1S/C28H41ClN2O4/c1-3-18-35-24-15-14-22(19-25(24)34-2)27(28(33)30-23-12-8-5-9-13-23)31(26(32)20-29)17-16-21-10-6-4-7-11-21/h10,14-15,19,23,27H,3-9,11-13,16-18,20H2,1-2H3,(H,30,33). The molecule has 6 nitrogen and oxygen atoms in total. The molecular weight excluding hydrogens is 464 g/mol. The van der Waals surface area contributed by atoms with Crippen molar-refractivity contribution < 1.29 is 19.1 Å². The van der Waals surface area contributed by atoms with Crippen molar-refractivity contribution in [1.82, 2.24) is 10.2 Å². The van der Waals surface area contributed by atoms with Gasteiger partial charge >= 0.3 is 0 Å². The fourth-order valence-corrected chi connectivity index (χ4v) is 5.21. The van der Waals surface area contributed by atoms with E-state index in [4.69, 9.17) is 21.1 Å². The van der Waals surface area contributed by atoms with Gasteiger partial charge in [-0.2, -0.15) is 0 Å². The molecule has 1 aromatic carbocycles. The normalized spacial score (nSPS) is 17.3. The zero-order chi connectivity index (χ0) is 25.0. The number of halogens is 1. The van der Waals surface area contributed by atoms with E-state index in [9.17, 15) is 9.59 Å². The molecule has 0 bridgehead atoms. The Bertz CT molecular complexity index is 867. The molecule has 1 N–H and O–H groups in total. The lowest BCUT2D eigenvalue weighted by atomic mass is 9.94. The van der Waals surface area contributed by atoms with Crippen molar-refractivity contribution in [2.24, 2.45) is 0 Å². The Hall–Kier alpha value is -2.21. The molecular formula is C28H41ClN2O4. The topological polar surface area (TPSA) is 67.9 Å². The Morgan fingerprint density at radius 1 is 1.14 bits per heavy atom. The van der Waals surface area contributed by atoms with E-state index in [1.165, 1.54) is 24.8 Å². The van der Waals surface area contributed by atoms with Crippen LogP contribution in [0.3, 0.4) is 0 Å². The van der Waals surface area contributed by atoms with Gasteiger partial charge in [0.25, 0.3) is 0 Å². The summed E-state index contributed by atoms with van der Waals surface area (Å²) in [6, 6.07) is 4.89. The highest BCUT2D eigenvalue weighted by Crippen LogP contribution is 2.34. The number of alkyl halides is 1. The first-order chi connectivity index (χ1) is 17.1. The van der Waals surface area contributed by atoms with Gasteiger partial charge in [0.2, 0.25) is 11.8 Å². The molecule has 1 atom stereocenters. The fraction of sp³-hybridized carbons (Fsp3) is 0.643. The summed E-state index contributed by atoms with van der Waals surface area (Å²) >= 11 is 6.06. The molecule has 2 aliphatic rings. The van der Waals surface area contributed by atoms with Gasteiger partial charge in [-0.3, -0.25) is 9.59 Å². The van der Waals surface area contributed by atoms with E-state index in [0.717, 1.165) is 51.4 Å². The molecule has 0 heterocycles. The van der Waals surface area contributed by atoms with Crippen LogP contribution in [-0.2, 0) is 9.59 Å². The van der Waals surface area contributed by atoms with Crippen LogP contribution in [0.2, 0.25) is 0 Å². The second kappa shape index (κ2) is 14.4. The second-order valence-corrected chi connectivity index (χ2v) is 9.85. The summed E-state index contributed by atoms with van der Waals surface area (Å²) in [7, 11) is 1.59. The third kappa shape index (κ3) is 7.89. The van der Waals surface area contributed by atoms with Crippen molar-refractivity contribution in [3.05, 3.63) is 35.4 Å². The number of methoxy groups -OCH3 is 1. The van der Waals surface area contributed by atoms with Gasteiger partial charge in [-0.05, 0) is 69.1 Å². The third-order valence-electron chi connectivity index (χ3n) is 6.97. The Kier molecular flexibility index (Phi) is 11.2. The number of benzene rings is 1. The van der Waals surface area contributed by atoms with Gasteiger partial charge in [0.1, 0.15) is 11.9 Å². The average molecular weight is 505 g/mol. The molecule has 1 aromatic rings. The van der Waals surface area contributed by atoms with Crippen LogP contribution in [0.25, 0.3) is 0 Å². The summed E-state index contributed by atoms with van der Waals surface area (Å²) in [6.45, 7) is 3.08. The lowest BCUT2D eigenvalue weighted by molar-refractivity contribution is -0.139. The first-order valence-electron chi connectivity index (χ1n) is 13.2. The van der Waals surface area contributed by atoms with E-state index in [1.807, 2.05) is 25.1 Å². The zero-order valence-electron chi connectivity index (χ0n) is 21.3. The Morgan fingerprint density at radius 2 is 1.94 bits per heavy atom. The van der Waals surface area contributed by atoms with Gasteiger partial charge in [-0.1, -0.05) is 43.9 Å². The molecule has 7 heteroatoms. The maximum absolute atomic E-state index is 13.7. The molecule has 0 aliphatic heterocycles. The minimum Gasteiger partial charge on any atom is -0.493 e. The monoisotopic (exact) mass is 504 g/mol. The summed E-state index contributed by atoms with van der Waals surface area (Å²) < 4.78 is 11.4. The predicted octanol–water partition coefficient (Wildman–Crippen LogP) is 5.93. The number of allylic oxidation sites excluding steroid dienone is 1. The second-order valence-electron chi connectivity index (χ2n) is 9.58. The van der Waals surface area contributed by atoms with Gasteiger partial charge in [0.15, 0.2) is 11.5 Å². The van der Waals surface area contributed by atoms with Crippen LogP contribution in [0.15, 0.2) is 29.8 Å². The van der Waals surface area contributed by atoms with E-state index in [2.05, 4.69) is 11.4 Å². The predicted molar refractivity (Wildman–Crippen MR) is 140 cm³/mol. The molecule has 1 saturated carbocycles.